The van der Waals surface area contributed by atoms with Crippen LogP contribution in [0.1, 0.15) is 139 Å². The smallest absolute Gasteiger partial charge is 0.309 e. The van der Waals surface area contributed by atoms with Crippen molar-refractivity contribution in [1.29, 1.82) is 0 Å². The number of carboxylic acids is 1. The largest absolute Gasteiger partial charge is 0.481 e. The summed E-state index contributed by atoms with van der Waals surface area (Å²) in [7, 11) is 0. The van der Waals surface area contributed by atoms with E-state index in [1.807, 2.05) is 65.8 Å². The number of carboxylic acid groups (broad SMARTS) is 1. The summed E-state index contributed by atoms with van der Waals surface area (Å²) in [5, 5.41) is 36.7. The lowest BCUT2D eigenvalue weighted by atomic mass is 9.72. The van der Waals surface area contributed by atoms with Crippen LogP contribution in [-0.2, 0) is 39.8 Å². The van der Waals surface area contributed by atoms with E-state index in [0.29, 0.717) is 57.9 Å². The number of hydrogen-bond donors (Lipinski definition) is 4. The number of hydrogen-bond acceptors (Lipinski definition) is 10. The highest BCUT2D eigenvalue weighted by atomic mass is 16.8. The minimum absolute atomic E-state index is 0.0387. The first-order valence-electron chi connectivity index (χ1n) is 23.4. The molecule has 18 atom stereocenters. The van der Waals surface area contributed by atoms with Gasteiger partial charge in [0.05, 0.1) is 59.8 Å². The number of rotatable bonds is 15. The van der Waals surface area contributed by atoms with Gasteiger partial charge in [0.1, 0.15) is 5.78 Å². The number of aliphatic hydroxyl groups excluding tert-OH is 1. The Bertz CT molecular complexity index is 1640. The zero-order chi connectivity index (χ0) is 43.8. The topological polar surface area (TPSA) is 153 Å². The van der Waals surface area contributed by atoms with Crippen LogP contribution in [0.15, 0.2) is 42.5 Å². The molecule has 0 radical (unpaired) electrons. The second-order valence-corrected chi connectivity index (χ2v) is 19.8. The average molecular weight is 840 g/mol. The van der Waals surface area contributed by atoms with E-state index in [2.05, 4.69) is 51.2 Å². The van der Waals surface area contributed by atoms with Crippen LogP contribution in [0.4, 0.5) is 0 Å². The Morgan fingerprint density at radius 2 is 1.58 bits per heavy atom. The molecule has 338 valence electrons. The maximum absolute atomic E-state index is 14.7. The molecule has 4 N–H and O–H groups in total. The Morgan fingerprint density at radius 1 is 0.883 bits per heavy atom. The molecule has 6 rings (SSSR count). The van der Waals surface area contributed by atoms with Gasteiger partial charge in [-0.25, -0.2) is 0 Å². The molecule has 11 heteroatoms. The Balaban J connectivity index is 1.23. The molecular formula is C49H77NO10. The molecule has 0 aromatic heterocycles. The third-order valence-electron chi connectivity index (χ3n) is 15.8. The molecule has 1 aromatic carbocycles. The predicted molar refractivity (Wildman–Crippen MR) is 230 cm³/mol. The molecule has 1 aromatic rings. The molecule has 0 aliphatic carbocycles. The van der Waals surface area contributed by atoms with Crippen molar-refractivity contribution in [2.75, 3.05) is 0 Å². The maximum Gasteiger partial charge on any atom is 0.309 e. The fourth-order valence-corrected chi connectivity index (χ4v) is 11.6. The molecular weight excluding hydrogens is 763 g/mol. The number of aliphatic hydroxyl groups is 2. The van der Waals surface area contributed by atoms with Crippen molar-refractivity contribution in [3.05, 3.63) is 48.0 Å². The van der Waals surface area contributed by atoms with Gasteiger partial charge in [-0.2, -0.15) is 0 Å². The van der Waals surface area contributed by atoms with Crippen LogP contribution in [0.2, 0.25) is 0 Å². The third-order valence-corrected chi connectivity index (χ3v) is 15.8. The van der Waals surface area contributed by atoms with Gasteiger partial charge >= 0.3 is 5.97 Å². The van der Waals surface area contributed by atoms with Crippen LogP contribution in [-0.4, -0.2) is 92.5 Å². The molecule has 4 saturated heterocycles. The molecule has 11 nitrogen and oxygen atoms in total. The fraction of sp³-hybridized carbons (Fsp3) is 0.796. The summed E-state index contributed by atoms with van der Waals surface area (Å²) in [5.41, 5.74) is -0.397. The maximum atomic E-state index is 14.7. The Hall–Kier alpha value is -2.22. The zero-order valence-electron chi connectivity index (χ0n) is 38.1. The van der Waals surface area contributed by atoms with Crippen LogP contribution < -0.4 is 5.32 Å². The number of Topliss-reactive ketones (excluding diaryl/α,β-unsaturated/α-hetero) is 1. The molecule has 5 aliphatic rings. The lowest BCUT2D eigenvalue weighted by molar-refractivity contribution is -0.398. The van der Waals surface area contributed by atoms with E-state index in [4.69, 9.17) is 23.7 Å². The number of ether oxygens (including phenoxy) is 5. The van der Waals surface area contributed by atoms with Crippen LogP contribution in [0, 0.1) is 41.4 Å². The van der Waals surface area contributed by atoms with Gasteiger partial charge in [-0.05, 0) is 95.1 Å². The van der Waals surface area contributed by atoms with Crippen LogP contribution in [0.3, 0.4) is 0 Å². The van der Waals surface area contributed by atoms with Crippen LogP contribution in [0.25, 0.3) is 0 Å². The van der Waals surface area contributed by atoms with Crippen LogP contribution in [0.5, 0.6) is 0 Å². The van der Waals surface area contributed by atoms with Crippen molar-refractivity contribution >= 4 is 11.8 Å². The van der Waals surface area contributed by atoms with Crippen molar-refractivity contribution in [3.63, 3.8) is 0 Å². The second kappa shape index (κ2) is 18.9. The highest BCUT2D eigenvalue weighted by Gasteiger charge is 2.63. The van der Waals surface area contributed by atoms with E-state index in [-0.39, 0.29) is 53.8 Å². The van der Waals surface area contributed by atoms with E-state index in [1.54, 1.807) is 0 Å². The van der Waals surface area contributed by atoms with E-state index in [1.165, 1.54) is 0 Å². The highest BCUT2D eigenvalue weighted by molar-refractivity contribution is 5.84. The van der Waals surface area contributed by atoms with E-state index >= 15 is 0 Å². The van der Waals surface area contributed by atoms with Crippen molar-refractivity contribution in [1.82, 2.24) is 5.32 Å². The fourth-order valence-electron chi connectivity index (χ4n) is 11.6. The zero-order valence-corrected chi connectivity index (χ0v) is 38.1. The van der Waals surface area contributed by atoms with Gasteiger partial charge in [0.2, 0.25) is 0 Å². The van der Waals surface area contributed by atoms with Crippen molar-refractivity contribution in [2.24, 2.45) is 41.4 Å². The number of ketones is 1. The lowest BCUT2D eigenvalue weighted by Crippen LogP contribution is -2.65. The molecule has 2 spiro atoms. The van der Waals surface area contributed by atoms with Gasteiger partial charge in [-0.3, -0.25) is 9.59 Å². The van der Waals surface area contributed by atoms with Gasteiger partial charge in [0, 0.05) is 36.6 Å². The molecule has 5 heterocycles. The van der Waals surface area contributed by atoms with E-state index < -0.39 is 64.8 Å². The van der Waals surface area contributed by atoms with Gasteiger partial charge in [0.25, 0.3) is 0 Å². The summed E-state index contributed by atoms with van der Waals surface area (Å²) >= 11 is 0. The summed E-state index contributed by atoms with van der Waals surface area (Å²) in [6, 6.07) is 9.97. The van der Waals surface area contributed by atoms with Gasteiger partial charge in [-0.1, -0.05) is 91.8 Å². The van der Waals surface area contributed by atoms with Crippen molar-refractivity contribution in [3.8, 4) is 0 Å². The summed E-state index contributed by atoms with van der Waals surface area (Å²) in [6.07, 6.45) is 7.83. The summed E-state index contributed by atoms with van der Waals surface area (Å²) in [4.78, 5) is 26.7. The Kier molecular flexibility index (Phi) is 14.9. The third kappa shape index (κ3) is 9.21. The monoisotopic (exact) mass is 840 g/mol. The first-order chi connectivity index (χ1) is 28.4. The molecule has 4 fully saturated rings. The number of carbonyl (C=O) groups is 2. The van der Waals surface area contributed by atoms with E-state index in [9.17, 15) is 24.9 Å². The number of aliphatic carboxylic acids is 1. The first kappa shape index (κ1) is 47.3. The quantitative estimate of drug-likeness (QED) is 0.127. The first-order valence-corrected chi connectivity index (χ1v) is 23.4. The molecule has 5 aliphatic heterocycles. The van der Waals surface area contributed by atoms with Gasteiger partial charge in [0.15, 0.2) is 11.6 Å². The molecule has 0 bridgehead atoms. The minimum Gasteiger partial charge on any atom is -0.481 e. The highest BCUT2D eigenvalue weighted by Crippen LogP contribution is 2.54. The van der Waals surface area contributed by atoms with Gasteiger partial charge in [-0.15, -0.1) is 0 Å². The molecule has 0 unspecified atom stereocenters. The van der Waals surface area contributed by atoms with Gasteiger partial charge < -0.3 is 44.3 Å². The number of carbonyl (C=O) groups excluding carboxylic acids is 1. The van der Waals surface area contributed by atoms with Crippen molar-refractivity contribution in [2.45, 2.75) is 205 Å². The summed E-state index contributed by atoms with van der Waals surface area (Å²) in [6.45, 7) is 20.7. The standard InChI is InChI=1S/C49H77NO10/c1-11-36(45(53)54)38-20-19-29(4)43(57-38)33(8)41(51)32(7)42(52)37(12-2)44-30(5)27-31(6)48(58-44)24-21-39(50-28-35-17-15-14-16-18-35)49(60-48)26-25-46(10,59-49)40-22-23-47(55,13-3)34(9)56-40/h14-18,21,24,29-34,36-41,43-44,50-51,55H,11-13,19-20,22-23,25-28H2,1-10H3,(H,53,54)/t29-,30-,31+,32-,33-,34-,36+,37-,38+,39-,40+,41+,43+,44-,46-,47+,48-,49-/m0/s1. The molecule has 0 amide bonds. The second-order valence-electron chi connectivity index (χ2n) is 19.8. The van der Waals surface area contributed by atoms with E-state index in [0.717, 1.165) is 18.4 Å². The normalized spacial score (nSPS) is 42.1. The minimum atomic E-state index is -1.17. The molecule has 0 saturated carbocycles. The van der Waals surface area contributed by atoms with Crippen LogP contribution >= 0.6 is 0 Å². The number of nitrogens with one attached hydrogen (secondary N) is 1. The molecule has 60 heavy (non-hydrogen) atoms. The average Bonchev–Trinajstić information content (AvgIpc) is 3.57. The SMILES string of the molecule is CC[C@@H](C(=O)[C@@H](C)[C@@H](O)[C@H](C)[C@@H]1O[C@@H]([C@@H](CC)C(=O)O)CC[C@@H]1C)[C@H]1O[C@]2(C=C[C@H](NCc3ccccc3)[C@]3(CC[C@@](C)([C@H]4CC[C@](O)(CC)[C@H](C)O4)O3)O2)[C@H](C)C[C@@H]1C. The van der Waals surface area contributed by atoms with Crippen molar-refractivity contribution < 1.29 is 48.6 Å². The summed E-state index contributed by atoms with van der Waals surface area (Å²) in [5.74, 6) is -5.26. The lowest BCUT2D eigenvalue weighted by Gasteiger charge is -2.55. The Labute approximate surface area is 359 Å². The Morgan fingerprint density at radius 3 is 2.22 bits per heavy atom. The predicted octanol–water partition coefficient (Wildman–Crippen LogP) is 7.99. The number of benzene rings is 1. The summed E-state index contributed by atoms with van der Waals surface area (Å²) < 4.78 is 34.9.